The molecule has 0 bridgehead atoms. The van der Waals surface area contributed by atoms with Crippen LogP contribution in [0.5, 0.6) is 0 Å². The van der Waals surface area contributed by atoms with Crippen LogP contribution in [0.3, 0.4) is 0 Å². The summed E-state index contributed by atoms with van der Waals surface area (Å²) in [5, 5.41) is 20.2. The van der Waals surface area contributed by atoms with Gasteiger partial charge in [-0.2, -0.15) is 0 Å². The molecule has 0 saturated carbocycles. The van der Waals surface area contributed by atoms with Crippen molar-refractivity contribution in [3.8, 4) is 0 Å². The summed E-state index contributed by atoms with van der Waals surface area (Å²) in [6, 6.07) is 7.29. The molecular formula is C13H18ClNO2. The largest absolute Gasteiger partial charge is 0.393 e. The summed E-state index contributed by atoms with van der Waals surface area (Å²) in [5.74, 6) is 0. The Balaban J connectivity index is 1.88. The first-order valence-corrected chi connectivity index (χ1v) is 6.37. The van der Waals surface area contributed by atoms with Crippen molar-refractivity contribution in [2.45, 2.75) is 25.0 Å². The summed E-state index contributed by atoms with van der Waals surface area (Å²) >= 11 is 5.80. The lowest BCUT2D eigenvalue weighted by Crippen LogP contribution is -2.38. The third-order valence-corrected chi connectivity index (χ3v) is 3.49. The number of piperidine rings is 1. The van der Waals surface area contributed by atoms with Crippen molar-refractivity contribution in [3.05, 3.63) is 34.9 Å². The predicted octanol–water partition coefficient (Wildman–Crippen LogP) is 1.83. The average molecular weight is 256 g/mol. The van der Waals surface area contributed by atoms with Gasteiger partial charge >= 0.3 is 0 Å². The van der Waals surface area contributed by atoms with Crippen LogP contribution >= 0.6 is 11.6 Å². The lowest BCUT2D eigenvalue weighted by Gasteiger charge is -2.31. The van der Waals surface area contributed by atoms with Crippen molar-refractivity contribution in [2.24, 2.45) is 0 Å². The molecule has 1 aromatic carbocycles. The molecule has 1 aliphatic rings. The van der Waals surface area contributed by atoms with E-state index in [0.29, 0.717) is 11.6 Å². The van der Waals surface area contributed by atoms with Crippen LogP contribution in [0.4, 0.5) is 0 Å². The van der Waals surface area contributed by atoms with E-state index in [-0.39, 0.29) is 6.10 Å². The van der Waals surface area contributed by atoms with Crippen LogP contribution in [0.25, 0.3) is 0 Å². The van der Waals surface area contributed by atoms with E-state index >= 15 is 0 Å². The van der Waals surface area contributed by atoms with Gasteiger partial charge in [0.2, 0.25) is 0 Å². The van der Waals surface area contributed by atoms with E-state index in [2.05, 4.69) is 4.90 Å². The van der Waals surface area contributed by atoms with Gasteiger partial charge in [0.15, 0.2) is 0 Å². The fraction of sp³-hybridized carbons (Fsp3) is 0.538. The summed E-state index contributed by atoms with van der Waals surface area (Å²) in [6.07, 6.45) is 0.946. The first-order valence-electron chi connectivity index (χ1n) is 5.99. The molecule has 17 heavy (non-hydrogen) atoms. The molecule has 0 radical (unpaired) electrons. The number of benzene rings is 1. The maximum Gasteiger partial charge on any atom is 0.0916 e. The van der Waals surface area contributed by atoms with Crippen LogP contribution in [0.1, 0.15) is 24.5 Å². The maximum absolute atomic E-state index is 10.1. The monoisotopic (exact) mass is 255 g/mol. The van der Waals surface area contributed by atoms with Gasteiger partial charge in [-0.25, -0.2) is 0 Å². The summed E-state index contributed by atoms with van der Waals surface area (Å²) in [6.45, 7) is 2.33. The van der Waals surface area contributed by atoms with Crippen LogP contribution < -0.4 is 0 Å². The molecule has 0 aliphatic carbocycles. The highest BCUT2D eigenvalue weighted by atomic mass is 35.5. The summed E-state index contributed by atoms with van der Waals surface area (Å²) in [5.41, 5.74) is 0.889. The minimum atomic E-state index is -0.484. The second kappa shape index (κ2) is 5.83. The fourth-order valence-corrected chi connectivity index (χ4v) is 2.26. The molecule has 94 valence electrons. The van der Waals surface area contributed by atoms with Crippen molar-refractivity contribution in [2.75, 3.05) is 19.6 Å². The van der Waals surface area contributed by atoms with Crippen LogP contribution in [-0.2, 0) is 0 Å². The summed E-state index contributed by atoms with van der Waals surface area (Å²) in [4.78, 5) is 2.19. The lowest BCUT2D eigenvalue weighted by atomic mass is 10.1. The molecule has 2 N–H and O–H groups in total. The molecule has 2 rings (SSSR count). The Kier molecular flexibility index (Phi) is 4.40. The van der Waals surface area contributed by atoms with Crippen molar-refractivity contribution < 1.29 is 10.2 Å². The molecule has 1 aliphatic heterocycles. The number of aliphatic hydroxyl groups excluding tert-OH is 2. The van der Waals surface area contributed by atoms with Gasteiger partial charge < -0.3 is 15.1 Å². The standard InChI is InChI=1S/C13H18ClNO2/c14-11-3-1-10(2-4-11)13(17)9-15-7-5-12(16)6-8-15/h1-4,12-13,16-17H,5-9H2. The average Bonchev–Trinajstić information content (AvgIpc) is 2.33. The van der Waals surface area contributed by atoms with Gasteiger partial charge in [0.25, 0.3) is 0 Å². The minimum Gasteiger partial charge on any atom is -0.393 e. The van der Waals surface area contributed by atoms with E-state index < -0.39 is 6.10 Å². The Morgan fingerprint density at radius 2 is 1.82 bits per heavy atom. The van der Waals surface area contributed by atoms with Crippen LogP contribution in [0, 0.1) is 0 Å². The number of halogens is 1. The van der Waals surface area contributed by atoms with Gasteiger partial charge in [-0.3, -0.25) is 0 Å². The third-order valence-electron chi connectivity index (χ3n) is 3.24. The molecule has 4 heteroatoms. The topological polar surface area (TPSA) is 43.7 Å². The van der Waals surface area contributed by atoms with E-state index in [1.807, 2.05) is 12.1 Å². The molecule has 3 nitrogen and oxygen atoms in total. The highest BCUT2D eigenvalue weighted by Gasteiger charge is 2.19. The molecule has 1 saturated heterocycles. The van der Waals surface area contributed by atoms with E-state index in [9.17, 15) is 10.2 Å². The molecule has 0 spiro atoms. The second-order valence-electron chi connectivity index (χ2n) is 4.60. The van der Waals surface area contributed by atoms with Crippen molar-refractivity contribution in [1.82, 2.24) is 4.90 Å². The number of hydrogen-bond donors (Lipinski definition) is 2. The number of aliphatic hydroxyl groups is 2. The van der Waals surface area contributed by atoms with E-state index in [1.54, 1.807) is 12.1 Å². The molecule has 0 aromatic heterocycles. The molecular weight excluding hydrogens is 238 g/mol. The minimum absolute atomic E-state index is 0.168. The Morgan fingerprint density at radius 1 is 1.24 bits per heavy atom. The quantitative estimate of drug-likeness (QED) is 0.866. The zero-order valence-electron chi connectivity index (χ0n) is 9.72. The van der Waals surface area contributed by atoms with E-state index in [0.717, 1.165) is 31.5 Å². The van der Waals surface area contributed by atoms with Gasteiger partial charge in [0.05, 0.1) is 12.2 Å². The smallest absolute Gasteiger partial charge is 0.0916 e. The van der Waals surface area contributed by atoms with Gasteiger partial charge in [-0.1, -0.05) is 23.7 Å². The van der Waals surface area contributed by atoms with Gasteiger partial charge in [-0.05, 0) is 30.5 Å². The molecule has 1 heterocycles. The van der Waals surface area contributed by atoms with Crippen LogP contribution in [0.2, 0.25) is 5.02 Å². The Morgan fingerprint density at radius 3 is 2.41 bits per heavy atom. The van der Waals surface area contributed by atoms with Crippen LogP contribution in [0.15, 0.2) is 24.3 Å². The second-order valence-corrected chi connectivity index (χ2v) is 5.04. The number of nitrogens with zero attached hydrogens (tertiary/aromatic N) is 1. The first-order chi connectivity index (χ1) is 8.15. The molecule has 0 amide bonds. The number of rotatable bonds is 3. The third kappa shape index (κ3) is 3.68. The number of hydrogen-bond acceptors (Lipinski definition) is 3. The van der Waals surface area contributed by atoms with Gasteiger partial charge in [0.1, 0.15) is 0 Å². The Labute approximate surface area is 107 Å². The van der Waals surface area contributed by atoms with E-state index in [1.165, 1.54) is 0 Å². The SMILES string of the molecule is OC1CCN(CC(O)c2ccc(Cl)cc2)CC1. The van der Waals surface area contributed by atoms with Crippen molar-refractivity contribution in [1.29, 1.82) is 0 Å². The highest BCUT2D eigenvalue weighted by Crippen LogP contribution is 2.19. The predicted molar refractivity (Wildman–Crippen MR) is 68.1 cm³/mol. The Hall–Kier alpha value is -0.610. The summed E-state index contributed by atoms with van der Waals surface area (Å²) < 4.78 is 0. The van der Waals surface area contributed by atoms with Crippen molar-refractivity contribution in [3.63, 3.8) is 0 Å². The fourth-order valence-electron chi connectivity index (χ4n) is 2.14. The zero-order chi connectivity index (χ0) is 12.3. The maximum atomic E-state index is 10.1. The summed E-state index contributed by atoms with van der Waals surface area (Å²) in [7, 11) is 0. The zero-order valence-corrected chi connectivity index (χ0v) is 10.5. The molecule has 1 fully saturated rings. The normalized spacial score (nSPS) is 20.4. The number of β-amino-alcohol motifs (C(OH)–C–C–N with tert-alkyl or cyclic N) is 1. The van der Waals surface area contributed by atoms with Crippen molar-refractivity contribution >= 4 is 11.6 Å². The first kappa shape index (κ1) is 12.8. The lowest BCUT2D eigenvalue weighted by molar-refractivity contribution is 0.0508. The molecule has 1 aromatic rings. The van der Waals surface area contributed by atoms with Gasteiger partial charge in [-0.15, -0.1) is 0 Å². The van der Waals surface area contributed by atoms with Crippen LogP contribution in [-0.4, -0.2) is 40.9 Å². The molecule has 1 unspecified atom stereocenters. The number of likely N-dealkylation sites (tertiary alicyclic amines) is 1. The highest BCUT2D eigenvalue weighted by molar-refractivity contribution is 6.30. The van der Waals surface area contributed by atoms with E-state index in [4.69, 9.17) is 11.6 Å². The molecule has 1 atom stereocenters. The van der Waals surface area contributed by atoms with Gasteiger partial charge in [0, 0.05) is 24.7 Å². The Bertz CT molecular complexity index is 347.